The van der Waals surface area contributed by atoms with Gasteiger partial charge in [0.2, 0.25) is 5.76 Å². The van der Waals surface area contributed by atoms with Crippen molar-refractivity contribution in [1.82, 2.24) is 4.98 Å². The highest BCUT2D eigenvalue weighted by Crippen LogP contribution is 2.27. The Balaban J connectivity index is 1.73. The molecule has 5 nitrogen and oxygen atoms in total. The zero-order valence-electron chi connectivity index (χ0n) is 11.3. The average Bonchev–Trinajstić information content (AvgIpc) is 3.10. The van der Waals surface area contributed by atoms with Crippen LogP contribution in [-0.2, 0) is 13.0 Å². The van der Waals surface area contributed by atoms with Crippen LogP contribution >= 0.6 is 11.3 Å². The van der Waals surface area contributed by atoms with E-state index in [1.54, 1.807) is 17.4 Å². The quantitative estimate of drug-likeness (QED) is 0.777. The summed E-state index contributed by atoms with van der Waals surface area (Å²) in [6.07, 6.45) is 0.917. The average molecular weight is 303 g/mol. The molecular weight excluding hydrogens is 290 g/mol. The topological polar surface area (TPSA) is 72.6 Å². The lowest BCUT2D eigenvalue weighted by molar-refractivity contribution is 0.0658. The highest BCUT2D eigenvalue weighted by atomic mass is 32.1. The first kappa shape index (κ1) is 13.6. The van der Waals surface area contributed by atoms with E-state index < -0.39 is 5.97 Å². The van der Waals surface area contributed by atoms with Gasteiger partial charge in [0.1, 0.15) is 18.1 Å². The summed E-state index contributed by atoms with van der Waals surface area (Å²) in [6, 6.07) is 8.73. The SMILES string of the molecule is CCc1nc2ccc(OCc3ccc(C(=O)O)o3)cc2s1. The summed E-state index contributed by atoms with van der Waals surface area (Å²) < 4.78 is 11.8. The van der Waals surface area contributed by atoms with Gasteiger partial charge in [-0.3, -0.25) is 0 Å². The van der Waals surface area contributed by atoms with Gasteiger partial charge in [0, 0.05) is 0 Å². The molecule has 0 saturated heterocycles. The molecule has 3 aromatic rings. The Morgan fingerprint density at radius 2 is 2.24 bits per heavy atom. The van der Waals surface area contributed by atoms with Crippen LogP contribution in [0.1, 0.15) is 28.2 Å². The molecular formula is C15H13NO4S. The molecule has 0 fully saturated rings. The van der Waals surface area contributed by atoms with Crippen molar-refractivity contribution in [1.29, 1.82) is 0 Å². The monoisotopic (exact) mass is 303 g/mol. The van der Waals surface area contributed by atoms with Crippen LogP contribution in [0.15, 0.2) is 34.7 Å². The van der Waals surface area contributed by atoms with E-state index in [4.69, 9.17) is 14.3 Å². The van der Waals surface area contributed by atoms with Gasteiger partial charge in [-0.2, -0.15) is 0 Å². The van der Waals surface area contributed by atoms with Crippen LogP contribution in [0.25, 0.3) is 10.2 Å². The highest BCUT2D eigenvalue weighted by molar-refractivity contribution is 7.18. The number of benzene rings is 1. The molecule has 0 amide bonds. The highest BCUT2D eigenvalue weighted by Gasteiger charge is 2.09. The predicted octanol–water partition coefficient (Wildman–Crippen LogP) is 3.73. The van der Waals surface area contributed by atoms with E-state index in [0.29, 0.717) is 11.5 Å². The van der Waals surface area contributed by atoms with Crippen LogP contribution in [-0.4, -0.2) is 16.1 Å². The van der Waals surface area contributed by atoms with Gasteiger partial charge in [0.15, 0.2) is 0 Å². The molecule has 0 aliphatic rings. The molecule has 0 aliphatic heterocycles. The number of fused-ring (bicyclic) bond motifs is 1. The molecule has 2 heterocycles. The Hall–Kier alpha value is -2.34. The molecule has 108 valence electrons. The maximum absolute atomic E-state index is 10.7. The van der Waals surface area contributed by atoms with Crippen molar-refractivity contribution in [3.05, 3.63) is 46.9 Å². The normalized spacial score (nSPS) is 10.9. The Kier molecular flexibility index (Phi) is 3.62. The molecule has 3 rings (SSSR count). The van der Waals surface area contributed by atoms with Crippen molar-refractivity contribution < 1.29 is 19.1 Å². The number of nitrogens with zero attached hydrogens (tertiary/aromatic N) is 1. The van der Waals surface area contributed by atoms with Gasteiger partial charge in [-0.25, -0.2) is 9.78 Å². The van der Waals surface area contributed by atoms with Gasteiger partial charge < -0.3 is 14.3 Å². The first-order chi connectivity index (χ1) is 10.2. The number of rotatable bonds is 5. The summed E-state index contributed by atoms with van der Waals surface area (Å²) in [4.78, 5) is 15.2. The standard InChI is InChI=1S/C15H13NO4S/c1-2-14-16-11-5-3-9(7-13(11)21-14)19-8-10-4-6-12(20-10)15(17)18/h3-7H,2,8H2,1H3,(H,17,18). The van der Waals surface area contributed by atoms with Crippen molar-refractivity contribution in [2.75, 3.05) is 0 Å². The fourth-order valence-electron chi connectivity index (χ4n) is 1.92. The number of carboxylic acid groups (broad SMARTS) is 1. The Morgan fingerprint density at radius 1 is 1.38 bits per heavy atom. The van der Waals surface area contributed by atoms with Crippen molar-refractivity contribution in [2.24, 2.45) is 0 Å². The number of carboxylic acids is 1. The second-order valence-corrected chi connectivity index (χ2v) is 5.57. The molecule has 0 radical (unpaired) electrons. The molecule has 1 aromatic carbocycles. The van der Waals surface area contributed by atoms with Crippen molar-refractivity contribution >= 4 is 27.5 Å². The second kappa shape index (κ2) is 5.57. The summed E-state index contributed by atoms with van der Waals surface area (Å²) in [6.45, 7) is 2.27. The number of thiazole rings is 1. The number of hydrogen-bond acceptors (Lipinski definition) is 5. The van der Waals surface area contributed by atoms with E-state index in [9.17, 15) is 4.79 Å². The Morgan fingerprint density at radius 3 is 2.95 bits per heavy atom. The number of hydrogen-bond donors (Lipinski definition) is 1. The number of furan rings is 1. The maximum Gasteiger partial charge on any atom is 0.371 e. The third-order valence-corrected chi connectivity index (χ3v) is 4.12. The molecule has 0 unspecified atom stereocenters. The summed E-state index contributed by atoms with van der Waals surface area (Å²) in [7, 11) is 0. The van der Waals surface area contributed by atoms with E-state index in [2.05, 4.69) is 11.9 Å². The lowest BCUT2D eigenvalue weighted by atomic mass is 10.3. The zero-order valence-corrected chi connectivity index (χ0v) is 12.1. The minimum absolute atomic E-state index is 0.0842. The molecule has 1 N–H and O–H groups in total. The van der Waals surface area contributed by atoms with E-state index in [-0.39, 0.29) is 12.4 Å². The van der Waals surface area contributed by atoms with Crippen LogP contribution in [0.5, 0.6) is 5.75 Å². The summed E-state index contributed by atoms with van der Waals surface area (Å²) in [5.41, 5.74) is 0.968. The first-order valence-corrected chi connectivity index (χ1v) is 7.31. The van der Waals surface area contributed by atoms with Gasteiger partial charge in [-0.15, -0.1) is 11.3 Å². The van der Waals surface area contributed by atoms with Crippen LogP contribution in [0, 0.1) is 0 Å². The maximum atomic E-state index is 10.7. The number of aromatic carboxylic acids is 1. The molecule has 0 atom stereocenters. The van der Waals surface area contributed by atoms with Gasteiger partial charge in [-0.05, 0) is 36.8 Å². The summed E-state index contributed by atoms with van der Waals surface area (Å²) >= 11 is 1.65. The minimum atomic E-state index is -1.08. The lowest BCUT2D eigenvalue weighted by Crippen LogP contribution is -1.95. The summed E-state index contributed by atoms with van der Waals surface area (Å²) in [5, 5.41) is 9.88. The van der Waals surface area contributed by atoms with E-state index in [1.165, 1.54) is 6.07 Å². The van der Waals surface area contributed by atoms with Crippen LogP contribution < -0.4 is 4.74 Å². The number of aryl methyl sites for hydroxylation is 1. The van der Waals surface area contributed by atoms with Crippen molar-refractivity contribution in [2.45, 2.75) is 20.0 Å². The third-order valence-electron chi connectivity index (χ3n) is 2.96. The van der Waals surface area contributed by atoms with E-state index in [1.807, 2.05) is 18.2 Å². The van der Waals surface area contributed by atoms with Gasteiger partial charge in [-0.1, -0.05) is 6.92 Å². The first-order valence-electron chi connectivity index (χ1n) is 6.50. The smallest absolute Gasteiger partial charge is 0.371 e. The molecule has 0 bridgehead atoms. The van der Waals surface area contributed by atoms with E-state index >= 15 is 0 Å². The molecule has 2 aromatic heterocycles. The third kappa shape index (κ3) is 2.90. The minimum Gasteiger partial charge on any atom is -0.486 e. The zero-order chi connectivity index (χ0) is 14.8. The Bertz CT molecular complexity index is 790. The molecule has 0 saturated carbocycles. The predicted molar refractivity (Wildman–Crippen MR) is 79.0 cm³/mol. The molecule has 0 aliphatic carbocycles. The van der Waals surface area contributed by atoms with E-state index in [0.717, 1.165) is 21.6 Å². The fraction of sp³-hybridized carbons (Fsp3) is 0.200. The Labute approximate surface area is 124 Å². The number of carbonyl (C=O) groups is 1. The number of aromatic nitrogens is 1. The number of ether oxygens (including phenoxy) is 1. The lowest BCUT2D eigenvalue weighted by Gasteiger charge is -2.03. The summed E-state index contributed by atoms with van der Waals surface area (Å²) in [5.74, 6) is 0.0200. The van der Waals surface area contributed by atoms with Crippen molar-refractivity contribution in [3.8, 4) is 5.75 Å². The van der Waals surface area contributed by atoms with Crippen LogP contribution in [0.2, 0.25) is 0 Å². The second-order valence-electron chi connectivity index (χ2n) is 4.45. The van der Waals surface area contributed by atoms with Gasteiger partial charge >= 0.3 is 5.97 Å². The fourth-order valence-corrected chi connectivity index (χ4v) is 2.85. The van der Waals surface area contributed by atoms with Crippen molar-refractivity contribution in [3.63, 3.8) is 0 Å². The molecule has 0 spiro atoms. The molecule has 6 heteroatoms. The largest absolute Gasteiger partial charge is 0.486 e. The van der Waals surface area contributed by atoms with Gasteiger partial charge in [0.05, 0.1) is 15.2 Å². The van der Waals surface area contributed by atoms with Crippen LogP contribution in [0.4, 0.5) is 0 Å². The van der Waals surface area contributed by atoms with Gasteiger partial charge in [0.25, 0.3) is 0 Å². The van der Waals surface area contributed by atoms with Crippen LogP contribution in [0.3, 0.4) is 0 Å². The molecule has 21 heavy (non-hydrogen) atoms.